The summed E-state index contributed by atoms with van der Waals surface area (Å²) >= 11 is 0. The van der Waals surface area contributed by atoms with Gasteiger partial charge in [0.15, 0.2) is 0 Å². The Morgan fingerprint density at radius 1 is 1.26 bits per heavy atom. The average Bonchev–Trinajstić information content (AvgIpc) is 2.38. The van der Waals surface area contributed by atoms with Gasteiger partial charge in [0.2, 0.25) is 0 Å². The number of hydrogen-bond donors (Lipinski definition) is 4. The maximum atomic E-state index is 11.1. The molecule has 0 aromatic heterocycles. The zero-order valence-corrected chi connectivity index (χ0v) is 11.4. The van der Waals surface area contributed by atoms with Crippen molar-refractivity contribution in [3.8, 4) is 0 Å². The number of carboxylic acid groups (broad SMARTS) is 1. The first-order chi connectivity index (χ1) is 8.80. The van der Waals surface area contributed by atoms with Gasteiger partial charge in [-0.25, -0.2) is 0 Å². The highest BCUT2D eigenvalue weighted by Gasteiger charge is 2.29. The maximum absolute atomic E-state index is 11.1. The van der Waals surface area contributed by atoms with E-state index in [1.807, 2.05) is 0 Å². The molecule has 4 N–H and O–H groups in total. The van der Waals surface area contributed by atoms with E-state index in [2.05, 4.69) is 5.32 Å². The molecule has 106 valence electrons. The first-order valence-corrected chi connectivity index (χ1v) is 6.15. The summed E-state index contributed by atoms with van der Waals surface area (Å²) in [7, 11) is 1.69. The Morgan fingerprint density at radius 2 is 1.79 bits per heavy atom. The molecule has 0 bridgehead atoms. The number of carboxylic acids is 1. The number of hydrogen-bond acceptors (Lipinski definition) is 4. The number of aliphatic hydroxyl groups excluding tert-OH is 2. The van der Waals surface area contributed by atoms with Gasteiger partial charge in [-0.1, -0.05) is 24.3 Å². The Balaban J connectivity index is 2.91. The van der Waals surface area contributed by atoms with Gasteiger partial charge in [-0.2, -0.15) is 0 Å². The van der Waals surface area contributed by atoms with Crippen LogP contribution in [0.4, 0.5) is 0 Å². The van der Waals surface area contributed by atoms with E-state index in [9.17, 15) is 15.0 Å². The summed E-state index contributed by atoms with van der Waals surface area (Å²) in [5, 5.41) is 31.5. The molecule has 0 aliphatic heterocycles. The van der Waals surface area contributed by atoms with Crippen LogP contribution in [0.3, 0.4) is 0 Å². The lowest BCUT2D eigenvalue weighted by Crippen LogP contribution is -2.30. The molecule has 5 heteroatoms. The molecule has 5 nitrogen and oxygen atoms in total. The summed E-state index contributed by atoms with van der Waals surface area (Å²) in [6, 6.07) is 6.62. The molecule has 1 rings (SSSR count). The van der Waals surface area contributed by atoms with Crippen LogP contribution in [0.2, 0.25) is 0 Å². The highest BCUT2D eigenvalue weighted by Crippen LogP contribution is 2.25. The van der Waals surface area contributed by atoms with Crippen molar-refractivity contribution in [3.63, 3.8) is 0 Å². The standard InChI is InChI=1S/C14H21NO4/c1-14(2,13(18)19)10-6-4-9(5-7-10)12(17)11(16)8-15-3/h4-7,11-12,15-17H,8H2,1-3H3,(H,18,19). The van der Waals surface area contributed by atoms with Crippen LogP contribution in [-0.2, 0) is 10.2 Å². The molecular formula is C14H21NO4. The van der Waals surface area contributed by atoms with E-state index >= 15 is 0 Å². The average molecular weight is 267 g/mol. The zero-order valence-electron chi connectivity index (χ0n) is 11.4. The molecular weight excluding hydrogens is 246 g/mol. The third-order valence-corrected chi connectivity index (χ3v) is 3.29. The lowest BCUT2D eigenvalue weighted by Gasteiger charge is -2.22. The summed E-state index contributed by atoms with van der Waals surface area (Å²) in [6.45, 7) is 3.52. The third-order valence-electron chi connectivity index (χ3n) is 3.29. The Labute approximate surface area is 112 Å². The molecule has 0 heterocycles. The van der Waals surface area contributed by atoms with Gasteiger partial charge in [0.25, 0.3) is 0 Å². The van der Waals surface area contributed by atoms with Crippen molar-refractivity contribution >= 4 is 5.97 Å². The van der Waals surface area contributed by atoms with E-state index in [0.717, 1.165) is 0 Å². The summed E-state index contributed by atoms with van der Waals surface area (Å²) in [4.78, 5) is 11.1. The molecule has 2 unspecified atom stereocenters. The van der Waals surface area contributed by atoms with E-state index in [0.29, 0.717) is 11.1 Å². The minimum absolute atomic E-state index is 0.281. The fourth-order valence-corrected chi connectivity index (χ4v) is 1.76. The van der Waals surface area contributed by atoms with Crippen LogP contribution in [0, 0.1) is 0 Å². The lowest BCUT2D eigenvalue weighted by atomic mass is 9.84. The number of aliphatic hydroxyl groups is 2. The summed E-state index contributed by atoms with van der Waals surface area (Å²) < 4.78 is 0. The largest absolute Gasteiger partial charge is 0.481 e. The molecule has 0 aliphatic rings. The second kappa shape index (κ2) is 6.14. The monoisotopic (exact) mass is 267 g/mol. The van der Waals surface area contributed by atoms with Gasteiger partial charge in [-0.3, -0.25) is 4.79 Å². The van der Waals surface area contributed by atoms with Crippen molar-refractivity contribution in [1.29, 1.82) is 0 Å². The normalized spacial score (nSPS) is 15.0. The molecule has 0 spiro atoms. The van der Waals surface area contributed by atoms with Crippen LogP contribution in [0.15, 0.2) is 24.3 Å². The van der Waals surface area contributed by atoms with Crippen molar-refractivity contribution in [2.24, 2.45) is 0 Å². The topological polar surface area (TPSA) is 89.8 Å². The highest BCUT2D eigenvalue weighted by atomic mass is 16.4. The molecule has 0 amide bonds. The second-order valence-corrected chi connectivity index (χ2v) is 5.12. The molecule has 0 fully saturated rings. The zero-order chi connectivity index (χ0) is 14.6. The van der Waals surface area contributed by atoms with E-state index in [1.54, 1.807) is 45.2 Å². The van der Waals surface area contributed by atoms with E-state index < -0.39 is 23.6 Å². The number of rotatable bonds is 6. The van der Waals surface area contributed by atoms with Crippen molar-refractivity contribution in [2.45, 2.75) is 31.5 Å². The van der Waals surface area contributed by atoms with Gasteiger partial charge in [0.1, 0.15) is 6.10 Å². The fraction of sp³-hybridized carbons (Fsp3) is 0.500. The van der Waals surface area contributed by atoms with Crippen molar-refractivity contribution in [2.75, 3.05) is 13.6 Å². The van der Waals surface area contributed by atoms with E-state index in [4.69, 9.17) is 5.11 Å². The maximum Gasteiger partial charge on any atom is 0.313 e. The van der Waals surface area contributed by atoms with Gasteiger partial charge >= 0.3 is 5.97 Å². The predicted octanol–water partition coefficient (Wildman–Crippen LogP) is 0.662. The Morgan fingerprint density at radius 3 is 2.21 bits per heavy atom. The summed E-state index contributed by atoms with van der Waals surface area (Å²) in [5.41, 5.74) is 0.235. The van der Waals surface area contributed by atoms with Crippen LogP contribution in [0.1, 0.15) is 31.1 Å². The van der Waals surface area contributed by atoms with Crippen LogP contribution in [0.25, 0.3) is 0 Å². The Kier molecular flexibility index (Phi) is 5.05. The number of likely N-dealkylation sites (N-methyl/N-ethyl adjacent to an activating group) is 1. The van der Waals surface area contributed by atoms with Gasteiger partial charge in [-0.15, -0.1) is 0 Å². The van der Waals surface area contributed by atoms with Crippen LogP contribution in [-0.4, -0.2) is 41.0 Å². The minimum atomic E-state index is -0.991. The Hall–Kier alpha value is -1.43. The van der Waals surface area contributed by atoms with Crippen molar-refractivity contribution in [3.05, 3.63) is 35.4 Å². The lowest BCUT2D eigenvalue weighted by molar-refractivity contribution is -0.142. The van der Waals surface area contributed by atoms with Crippen molar-refractivity contribution in [1.82, 2.24) is 5.32 Å². The number of carbonyl (C=O) groups is 1. The van der Waals surface area contributed by atoms with Gasteiger partial charge in [0.05, 0.1) is 11.5 Å². The molecule has 0 saturated heterocycles. The Bertz CT molecular complexity index is 428. The van der Waals surface area contributed by atoms with Crippen molar-refractivity contribution < 1.29 is 20.1 Å². The molecule has 0 saturated carbocycles. The van der Waals surface area contributed by atoms with E-state index in [-0.39, 0.29) is 6.54 Å². The predicted molar refractivity (Wildman–Crippen MR) is 72.0 cm³/mol. The molecule has 19 heavy (non-hydrogen) atoms. The number of benzene rings is 1. The first-order valence-electron chi connectivity index (χ1n) is 6.15. The molecule has 2 atom stereocenters. The van der Waals surface area contributed by atoms with Crippen LogP contribution < -0.4 is 5.32 Å². The summed E-state index contributed by atoms with van der Waals surface area (Å²) in [5.74, 6) is -0.906. The number of aliphatic carboxylic acids is 1. The summed E-state index contributed by atoms with van der Waals surface area (Å²) in [6.07, 6.45) is -1.89. The number of nitrogens with one attached hydrogen (secondary N) is 1. The van der Waals surface area contributed by atoms with Gasteiger partial charge in [0, 0.05) is 6.54 Å². The second-order valence-electron chi connectivity index (χ2n) is 5.12. The molecule has 0 radical (unpaired) electrons. The van der Waals surface area contributed by atoms with Gasteiger partial charge < -0.3 is 20.6 Å². The van der Waals surface area contributed by atoms with Gasteiger partial charge in [-0.05, 0) is 32.0 Å². The van der Waals surface area contributed by atoms with Crippen LogP contribution in [0.5, 0.6) is 0 Å². The van der Waals surface area contributed by atoms with E-state index in [1.165, 1.54) is 0 Å². The third kappa shape index (κ3) is 3.53. The van der Waals surface area contributed by atoms with Crippen LogP contribution >= 0.6 is 0 Å². The quantitative estimate of drug-likeness (QED) is 0.608. The molecule has 0 aliphatic carbocycles. The molecule has 1 aromatic rings. The smallest absolute Gasteiger partial charge is 0.313 e. The highest BCUT2D eigenvalue weighted by molar-refractivity contribution is 5.80. The SMILES string of the molecule is CNCC(O)C(O)c1ccc(C(C)(C)C(=O)O)cc1. The molecule has 1 aromatic carbocycles. The fourth-order valence-electron chi connectivity index (χ4n) is 1.76. The minimum Gasteiger partial charge on any atom is -0.481 e. The first kappa shape index (κ1) is 15.6.